The number of carbonyl (C=O) groups is 2. The summed E-state index contributed by atoms with van der Waals surface area (Å²) in [5.74, 6) is -1.12. The summed E-state index contributed by atoms with van der Waals surface area (Å²) in [6, 6.07) is 0. The van der Waals surface area contributed by atoms with E-state index in [4.69, 9.17) is 9.84 Å². The molecule has 1 N–H and O–H groups in total. The molecule has 176 valence electrons. The second-order valence-electron chi connectivity index (χ2n) is 8.54. The molecule has 0 bridgehead atoms. The van der Waals surface area contributed by atoms with Crippen LogP contribution in [0.3, 0.4) is 0 Å². The maximum atomic E-state index is 12.1. The van der Waals surface area contributed by atoms with Crippen molar-refractivity contribution in [3.8, 4) is 0 Å². The number of esters is 1. The van der Waals surface area contributed by atoms with E-state index in [9.17, 15) is 9.59 Å². The van der Waals surface area contributed by atoms with Crippen molar-refractivity contribution in [2.45, 2.75) is 142 Å². The Morgan fingerprint density at radius 3 is 1.87 bits per heavy atom. The fraction of sp³-hybridized carbons (Fsp3) is 0.846. The fourth-order valence-corrected chi connectivity index (χ4v) is 3.60. The number of carboxylic acids is 1. The van der Waals surface area contributed by atoms with Crippen LogP contribution in [0.15, 0.2) is 12.2 Å². The van der Waals surface area contributed by atoms with Crippen LogP contribution in [0.25, 0.3) is 0 Å². The van der Waals surface area contributed by atoms with Gasteiger partial charge in [0.1, 0.15) is 6.10 Å². The largest absolute Gasteiger partial charge is 0.481 e. The molecule has 0 amide bonds. The first kappa shape index (κ1) is 28.7. The lowest BCUT2D eigenvalue weighted by Gasteiger charge is -2.16. The SMILES string of the molecule is CCCCC/C=C\CCCCCCCC(=O)OC(CCCCCCCC)CC(=O)O. The summed E-state index contributed by atoms with van der Waals surface area (Å²) in [5.41, 5.74) is 0. The molecule has 0 rings (SSSR count). The summed E-state index contributed by atoms with van der Waals surface area (Å²) in [4.78, 5) is 23.1. The molecule has 0 aliphatic rings. The molecule has 1 atom stereocenters. The molecule has 0 saturated heterocycles. The van der Waals surface area contributed by atoms with Gasteiger partial charge in [-0.2, -0.15) is 0 Å². The lowest BCUT2D eigenvalue weighted by atomic mass is 10.1. The molecule has 1 unspecified atom stereocenters. The number of rotatable bonds is 22. The highest BCUT2D eigenvalue weighted by Crippen LogP contribution is 2.15. The molecule has 0 heterocycles. The van der Waals surface area contributed by atoms with Crippen molar-refractivity contribution in [2.24, 2.45) is 0 Å². The Morgan fingerprint density at radius 2 is 1.23 bits per heavy atom. The smallest absolute Gasteiger partial charge is 0.307 e. The van der Waals surface area contributed by atoms with Gasteiger partial charge in [-0.3, -0.25) is 9.59 Å². The number of hydrogen-bond donors (Lipinski definition) is 1. The molecule has 0 saturated carbocycles. The van der Waals surface area contributed by atoms with Crippen molar-refractivity contribution in [2.75, 3.05) is 0 Å². The zero-order valence-corrected chi connectivity index (χ0v) is 19.8. The summed E-state index contributed by atoms with van der Waals surface area (Å²) in [6.07, 6.45) is 23.7. The predicted molar refractivity (Wildman–Crippen MR) is 126 cm³/mol. The highest BCUT2D eigenvalue weighted by atomic mass is 16.5. The quantitative estimate of drug-likeness (QED) is 0.109. The minimum atomic E-state index is -0.891. The molecule has 4 heteroatoms. The molecule has 0 spiro atoms. The lowest BCUT2D eigenvalue weighted by molar-refractivity contribution is -0.153. The normalized spacial score (nSPS) is 12.3. The first-order valence-electron chi connectivity index (χ1n) is 12.7. The van der Waals surface area contributed by atoms with E-state index in [1.165, 1.54) is 64.2 Å². The zero-order valence-electron chi connectivity index (χ0n) is 19.8. The summed E-state index contributed by atoms with van der Waals surface area (Å²) in [5, 5.41) is 9.06. The van der Waals surface area contributed by atoms with E-state index < -0.39 is 12.1 Å². The van der Waals surface area contributed by atoms with Gasteiger partial charge in [-0.1, -0.05) is 90.2 Å². The Labute approximate surface area is 185 Å². The first-order chi connectivity index (χ1) is 14.6. The van der Waals surface area contributed by atoms with E-state index in [2.05, 4.69) is 26.0 Å². The topological polar surface area (TPSA) is 63.6 Å². The molecule has 0 radical (unpaired) electrons. The van der Waals surface area contributed by atoms with Gasteiger partial charge in [-0.05, 0) is 44.9 Å². The van der Waals surface area contributed by atoms with Crippen molar-refractivity contribution in [3.05, 3.63) is 12.2 Å². The Kier molecular flexibility index (Phi) is 21.4. The second-order valence-corrected chi connectivity index (χ2v) is 8.54. The number of hydrogen-bond acceptors (Lipinski definition) is 3. The van der Waals surface area contributed by atoms with Crippen LogP contribution in [0.4, 0.5) is 0 Å². The van der Waals surface area contributed by atoms with Gasteiger partial charge in [-0.15, -0.1) is 0 Å². The van der Waals surface area contributed by atoms with Crippen molar-refractivity contribution < 1.29 is 19.4 Å². The Balaban J connectivity index is 3.74. The number of carbonyl (C=O) groups excluding carboxylic acids is 1. The van der Waals surface area contributed by atoms with E-state index in [1.54, 1.807) is 0 Å². The molecular weight excluding hydrogens is 376 g/mol. The third-order valence-corrected chi connectivity index (χ3v) is 5.47. The summed E-state index contributed by atoms with van der Waals surface area (Å²) in [6.45, 7) is 4.42. The summed E-state index contributed by atoms with van der Waals surface area (Å²) < 4.78 is 5.46. The van der Waals surface area contributed by atoms with Crippen molar-refractivity contribution in [3.63, 3.8) is 0 Å². The van der Waals surface area contributed by atoms with E-state index in [0.717, 1.165) is 38.5 Å². The van der Waals surface area contributed by atoms with Gasteiger partial charge in [0.15, 0.2) is 0 Å². The minimum absolute atomic E-state index is 0.0767. The monoisotopic (exact) mass is 424 g/mol. The maximum Gasteiger partial charge on any atom is 0.307 e. The van der Waals surface area contributed by atoms with E-state index in [-0.39, 0.29) is 12.4 Å². The van der Waals surface area contributed by atoms with E-state index in [1.807, 2.05) is 0 Å². The average Bonchev–Trinajstić information content (AvgIpc) is 2.70. The number of carboxylic acid groups (broad SMARTS) is 1. The Morgan fingerprint density at radius 1 is 0.733 bits per heavy atom. The van der Waals surface area contributed by atoms with Crippen LogP contribution in [0.1, 0.15) is 136 Å². The van der Waals surface area contributed by atoms with Gasteiger partial charge >= 0.3 is 11.9 Å². The number of ether oxygens (including phenoxy) is 1. The highest BCUT2D eigenvalue weighted by molar-refractivity contribution is 5.71. The van der Waals surface area contributed by atoms with Crippen LogP contribution in [0, 0.1) is 0 Å². The molecular formula is C26H48O4. The van der Waals surface area contributed by atoms with Crippen molar-refractivity contribution in [1.29, 1.82) is 0 Å². The van der Waals surface area contributed by atoms with Crippen LogP contribution in [0.5, 0.6) is 0 Å². The van der Waals surface area contributed by atoms with E-state index >= 15 is 0 Å². The number of unbranched alkanes of at least 4 members (excludes halogenated alkanes) is 13. The van der Waals surface area contributed by atoms with Gasteiger partial charge in [0.05, 0.1) is 6.42 Å². The molecule has 0 aromatic rings. The third kappa shape index (κ3) is 21.4. The first-order valence-corrected chi connectivity index (χ1v) is 12.7. The van der Waals surface area contributed by atoms with Crippen LogP contribution >= 0.6 is 0 Å². The van der Waals surface area contributed by atoms with E-state index in [0.29, 0.717) is 12.8 Å². The molecule has 30 heavy (non-hydrogen) atoms. The highest BCUT2D eigenvalue weighted by Gasteiger charge is 2.17. The fourth-order valence-electron chi connectivity index (χ4n) is 3.60. The van der Waals surface area contributed by atoms with Crippen molar-refractivity contribution in [1.82, 2.24) is 0 Å². The van der Waals surface area contributed by atoms with Gasteiger partial charge in [0.2, 0.25) is 0 Å². The standard InChI is InChI=1S/C26H48O4/c1-3-5-7-9-11-12-13-14-15-16-18-20-22-26(29)30-24(23-25(27)28)21-19-17-10-8-6-4-2/h11-12,24H,3-10,13-23H2,1-2H3,(H,27,28)/b12-11-. The molecule has 0 fully saturated rings. The van der Waals surface area contributed by atoms with Gasteiger partial charge in [0, 0.05) is 6.42 Å². The van der Waals surface area contributed by atoms with Crippen LogP contribution in [-0.2, 0) is 14.3 Å². The molecule has 0 aliphatic carbocycles. The summed E-state index contributed by atoms with van der Waals surface area (Å²) >= 11 is 0. The zero-order chi connectivity index (χ0) is 22.3. The average molecular weight is 425 g/mol. The molecule has 4 nitrogen and oxygen atoms in total. The summed E-state index contributed by atoms with van der Waals surface area (Å²) in [7, 11) is 0. The Bertz CT molecular complexity index is 431. The number of aliphatic carboxylic acids is 1. The second kappa shape index (κ2) is 22.4. The third-order valence-electron chi connectivity index (χ3n) is 5.47. The van der Waals surface area contributed by atoms with Gasteiger partial charge in [0.25, 0.3) is 0 Å². The van der Waals surface area contributed by atoms with Crippen molar-refractivity contribution >= 4 is 11.9 Å². The molecule has 0 aliphatic heterocycles. The van der Waals surface area contributed by atoms with Gasteiger partial charge < -0.3 is 9.84 Å². The minimum Gasteiger partial charge on any atom is -0.481 e. The molecule has 0 aromatic carbocycles. The Hall–Kier alpha value is -1.32. The van der Waals surface area contributed by atoms with Crippen LogP contribution in [0.2, 0.25) is 0 Å². The van der Waals surface area contributed by atoms with Crippen LogP contribution in [-0.4, -0.2) is 23.1 Å². The molecule has 0 aromatic heterocycles. The van der Waals surface area contributed by atoms with Crippen LogP contribution < -0.4 is 0 Å². The predicted octanol–water partition coefficient (Wildman–Crippen LogP) is 7.99. The maximum absolute atomic E-state index is 12.1. The lowest BCUT2D eigenvalue weighted by Crippen LogP contribution is -2.21. The number of allylic oxidation sites excluding steroid dienone is 2. The van der Waals surface area contributed by atoms with Gasteiger partial charge in [-0.25, -0.2) is 0 Å².